The summed E-state index contributed by atoms with van der Waals surface area (Å²) >= 11 is 5.58. The minimum atomic E-state index is -0.724. The Morgan fingerprint density at radius 3 is 2.86 bits per heavy atom. The van der Waals surface area contributed by atoms with Gasteiger partial charge < -0.3 is 15.4 Å². The molecule has 1 aromatic carbocycles. The summed E-state index contributed by atoms with van der Waals surface area (Å²) in [5.41, 5.74) is -0.0605. The van der Waals surface area contributed by atoms with Gasteiger partial charge in [-0.3, -0.25) is 9.59 Å². The average molecular weight is 315 g/mol. The second-order valence-electron chi connectivity index (χ2n) is 4.44. The molecule has 1 aliphatic heterocycles. The predicted octanol–water partition coefficient (Wildman–Crippen LogP) is 1.24. The first-order valence-electron chi connectivity index (χ1n) is 6.16. The lowest BCUT2D eigenvalue weighted by molar-refractivity contribution is -0.149. The first kappa shape index (κ1) is 15.2. The van der Waals surface area contributed by atoms with Crippen LogP contribution in [0.5, 0.6) is 0 Å². The molecule has 21 heavy (non-hydrogen) atoms. The number of amides is 2. The van der Waals surface area contributed by atoms with Crippen molar-refractivity contribution in [1.82, 2.24) is 5.32 Å². The van der Waals surface area contributed by atoms with Gasteiger partial charge in [0.2, 0.25) is 5.91 Å². The number of carbonyl (C=O) groups excluding carboxylic acids is 3. The Morgan fingerprint density at radius 1 is 1.48 bits per heavy atom. The number of esters is 1. The summed E-state index contributed by atoms with van der Waals surface area (Å²) in [6, 6.07) is 3.05. The second-order valence-corrected chi connectivity index (χ2v) is 4.88. The molecule has 0 saturated carbocycles. The number of ether oxygens (including phenoxy) is 1. The molecule has 0 unspecified atom stereocenters. The van der Waals surface area contributed by atoms with Gasteiger partial charge in [0.25, 0.3) is 5.91 Å². The molecule has 2 N–H and O–H groups in total. The highest BCUT2D eigenvalue weighted by atomic mass is 35.5. The zero-order chi connectivity index (χ0) is 15.4. The first-order chi connectivity index (χ1) is 9.95. The van der Waals surface area contributed by atoms with Crippen LogP contribution in [-0.2, 0) is 19.1 Å². The van der Waals surface area contributed by atoms with Crippen LogP contribution >= 0.6 is 11.6 Å². The fourth-order valence-electron chi connectivity index (χ4n) is 1.81. The molecule has 2 amide bonds. The fourth-order valence-corrected chi connectivity index (χ4v) is 1.96. The van der Waals surface area contributed by atoms with Gasteiger partial charge in [-0.1, -0.05) is 11.6 Å². The summed E-state index contributed by atoms with van der Waals surface area (Å²) in [7, 11) is 0. The van der Waals surface area contributed by atoms with Crippen molar-refractivity contribution in [1.29, 1.82) is 0 Å². The highest BCUT2D eigenvalue weighted by molar-refractivity contribution is 6.30. The molecule has 1 heterocycles. The number of benzene rings is 1. The third-order valence-corrected chi connectivity index (χ3v) is 3.07. The number of hydrogen-bond donors (Lipinski definition) is 2. The fraction of sp³-hybridized carbons (Fsp3) is 0.308. The summed E-state index contributed by atoms with van der Waals surface area (Å²) < 4.78 is 18.2. The zero-order valence-corrected chi connectivity index (χ0v) is 11.6. The van der Waals surface area contributed by atoms with E-state index in [9.17, 15) is 18.8 Å². The number of carbonyl (C=O) groups is 3. The third-order valence-electron chi connectivity index (χ3n) is 2.83. The molecule has 112 valence electrons. The highest BCUT2D eigenvalue weighted by Crippen LogP contribution is 2.18. The second kappa shape index (κ2) is 6.53. The SMILES string of the molecule is O=C(COC(=O)[C@H]1CCC(=O)N1)Nc1ccc(Cl)cc1F. The van der Waals surface area contributed by atoms with Crippen LogP contribution in [-0.4, -0.2) is 30.4 Å². The first-order valence-corrected chi connectivity index (χ1v) is 6.54. The summed E-state index contributed by atoms with van der Waals surface area (Å²) in [6.07, 6.45) is 0.590. The van der Waals surface area contributed by atoms with Gasteiger partial charge in [-0.15, -0.1) is 0 Å². The molecule has 0 spiro atoms. The molecule has 6 nitrogen and oxygen atoms in total. The van der Waals surface area contributed by atoms with Crippen LogP contribution in [0.1, 0.15) is 12.8 Å². The molecule has 1 aromatic rings. The minimum Gasteiger partial charge on any atom is -0.454 e. The lowest BCUT2D eigenvalue weighted by Crippen LogP contribution is -2.36. The Labute approximate surface area is 124 Å². The number of nitrogens with one attached hydrogen (secondary N) is 2. The predicted molar refractivity (Wildman–Crippen MR) is 72.2 cm³/mol. The molecular formula is C13H12ClFN2O4. The van der Waals surface area contributed by atoms with Crippen LogP contribution in [0.15, 0.2) is 18.2 Å². The van der Waals surface area contributed by atoms with Crippen LogP contribution < -0.4 is 10.6 Å². The molecule has 1 atom stereocenters. The van der Waals surface area contributed by atoms with Gasteiger partial charge in [0.05, 0.1) is 5.69 Å². The summed E-state index contributed by atoms with van der Waals surface area (Å²) in [5, 5.41) is 4.88. The van der Waals surface area contributed by atoms with E-state index in [-0.39, 0.29) is 23.0 Å². The lowest BCUT2D eigenvalue weighted by Gasteiger charge is -2.10. The standard InChI is InChI=1S/C13H12ClFN2O4/c14-7-1-2-9(8(15)5-7)16-12(19)6-21-13(20)10-3-4-11(18)17-10/h1-2,5,10H,3-4,6H2,(H,16,19)(H,17,18)/t10-/m1/s1. The maximum atomic E-state index is 13.4. The molecule has 0 aromatic heterocycles. The van der Waals surface area contributed by atoms with Crippen molar-refractivity contribution in [3.05, 3.63) is 29.0 Å². The van der Waals surface area contributed by atoms with Crippen molar-refractivity contribution in [2.24, 2.45) is 0 Å². The Balaban J connectivity index is 1.82. The van der Waals surface area contributed by atoms with Gasteiger partial charge in [-0.2, -0.15) is 0 Å². The molecule has 1 aliphatic rings. The molecular weight excluding hydrogens is 303 g/mol. The number of hydrogen-bond acceptors (Lipinski definition) is 4. The van der Waals surface area contributed by atoms with Gasteiger partial charge in [0.1, 0.15) is 11.9 Å². The van der Waals surface area contributed by atoms with Crippen molar-refractivity contribution < 1.29 is 23.5 Å². The summed E-state index contributed by atoms with van der Waals surface area (Å²) in [5.74, 6) is -2.30. The van der Waals surface area contributed by atoms with E-state index in [4.69, 9.17) is 16.3 Å². The smallest absolute Gasteiger partial charge is 0.329 e. The van der Waals surface area contributed by atoms with Crippen molar-refractivity contribution in [3.63, 3.8) is 0 Å². The van der Waals surface area contributed by atoms with Gasteiger partial charge in [-0.05, 0) is 24.6 Å². The van der Waals surface area contributed by atoms with Gasteiger partial charge >= 0.3 is 5.97 Å². The Bertz CT molecular complexity index is 594. The quantitative estimate of drug-likeness (QED) is 0.819. The lowest BCUT2D eigenvalue weighted by atomic mass is 10.2. The van der Waals surface area contributed by atoms with Crippen molar-refractivity contribution in [3.8, 4) is 0 Å². The largest absolute Gasteiger partial charge is 0.454 e. The molecule has 0 bridgehead atoms. The van der Waals surface area contributed by atoms with E-state index in [2.05, 4.69) is 10.6 Å². The molecule has 8 heteroatoms. The van der Waals surface area contributed by atoms with E-state index in [1.54, 1.807) is 0 Å². The Morgan fingerprint density at radius 2 is 2.24 bits per heavy atom. The maximum absolute atomic E-state index is 13.4. The van der Waals surface area contributed by atoms with Crippen LogP contribution in [0.25, 0.3) is 0 Å². The molecule has 1 fully saturated rings. The Hall–Kier alpha value is -2.15. The van der Waals surface area contributed by atoms with Crippen molar-refractivity contribution in [2.75, 3.05) is 11.9 Å². The third kappa shape index (κ3) is 4.16. The van der Waals surface area contributed by atoms with Crippen LogP contribution in [0.2, 0.25) is 5.02 Å². The van der Waals surface area contributed by atoms with E-state index in [0.717, 1.165) is 6.07 Å². The molecule has 1 saturated heterocycles. The topological polar surface area (TPSA) is 84.5 Å². The monoisotopic (exact) mass is 314 g/mol. The van der Waals surface area contributed by atoms with Crippen molar-refractivity contribution in [2.45, 2.75) is 18.9 Å². The number of halogens is 2. The van der Waals surface area contributed by atoms with Crippen molar-refractivity contribution >= 4 is 35.1 Å². The van der Waals surface area contributed by atoms with Gasteiger partial charge in [0, 0.05) is 11.4 Å². The normalized spacial score (nSPS) is 17.2. The molecule has 2 rings (SSSR count). The van der Waals surface area contributed by atoms with Crippen LogP contribution in [0.4, 0.5) is 10.1 Å². The maximum Gasteiger partial charge on any atom is 0.329 e. The number of rotatable bonds is 4. The molecule has 0 aliphatic carbocycles. The summed E-state index contributed by atoms with van der Waals surface area (Å²) in [6.45, 7) is -0.562. The van der Waals surface area contributed by atoms with E-state index >= 15 is 0 Å². The van der Waals surface area contributed by atoms with Crippen LogP contribution in [0, 0.1) is 5.82 Å². The van der Waals surface area contributed by atoms with Gasteiger partial charge in [0.15, 0.2) is 6.61 Å². The zero-order valence-electron chi connectivity index (χ0n) is 10.8. The summed E-state index contributed by atoms with van der Waals surface area (Å²) in [4.78, 5) is 34.1. The van der Waals surface area contributed by atoms with Gasteiger partial charge in [-0.25, -0.2) is 9.18 Å². The van der Waals surface area contributed by atoms with E-state index < -0.39 is 30.3 Å². The van der Waals surface area contributed by atoms with Crippen LogP contribution in [0.3, 0.4) is 0 Å². The minimum absolute atomic E-state index is 0.0605. The van der Waals surface area contributed by atoms with E-state index in [1.807, 2.05) is 0 Å². The van der Waals surface area contributed by atoms with E-state index in [0.29, 0.717) is 6.42 Å². The number of anilines is 1. The Kier molecular flexibility index (Phi) is 4.74. The highest BCUT2D eigenvalue weighted by Gasteiger charge is 2.28. The molecule has 0 radical (unpaired) electrons. The van der Waals surface area contributed by atoms with E-state index in [1.165, 1.54) is 12.1 Å². The average Bonchev–Trinajstić information content (AvgIpc) is 2.86.